The number of amides is 1. The van der Waals surface area contributed by atoms with Crippen LogP contribution >= 0.6 is 0 Å². The molecular formula is C28H38N4O4Si. The highest BCUT2D eigenvalue weighted by atomic mass is 28.3. The fourth-order valence-corrected chi connectivity index (χ4v) is 6.28. The minimum Gasteiger partial charge on any atom is -0.496 e. The van der Waals surface area contributed by atoms with E-state index in [1.165, 1.54) is 0 Å². The Morgan fingerprint density at radius 3 is 2.38 bits per heavy atom. The number of pyridine rings is 1. The number of nitrogens with one attached hydrogen (secondary N) is 1. The molecule has 1 unspecified atom stereocenters. The van der Waals surface area contributed by atoms with Crippen LogP contribution in [0.1, 0.15) is 0 Å². The van der Waals surface area contributed by atoms with Crippen LogP contribution < -0.4 is 14.8 Å². The fraction of sp³-hybridized carbons (Fsp3) is 0.500. The Bertz CT molecular complexity index is 1270. The number of nitrogens with zero attached hydrogens (tertiary/aromatic N) is 3. The van der Waals surface area contributed by atoms with Crippen LogP contribution in [0.4, 0.5) is 5.82 Å². The van der Waals surface area contributed by atoms with Crippen molar-refractivity contribution in [1.82, 2.24) is 14.5 Å². The topological polar surface area (TPSA) is 77.9 Å². The third-order valence-corrected chi connectivity index (χ3v) is 9.28. The molecule has 198 valence electrons. The van der Waals surface area contributed by atoms with Gasteiger partial charge >= 0.3 is 0 Å². The van der Waals surface area contributed by atoms with E-state index >= 15 is 0 Å². The fourth-order valence-electron chi connectivity index (χ4n) is 5.52. The van der Waals surface area contributed by atoms with E-state index in [1.54, 1.807) is 14.2 Å². The van der Waals surface area contributed by atoms with E-state index in [0.717, 1.165) is 52.8 Å². The van der Waals surface area contributed by atoms with Crippen molar-refractivity contribution in [3.63, 3.8) is 0 Å². The van der Waals surface area contributed by atoms with Crippen LogP contribution in [-0.2, 0) is 16.3 Å². The molecule has 0 bridgehead atoms. The number of fused-ring (bicyclic) bond motifs is 2. The summed E-state index contributed by atoms with van der Waals surface area (Å²) < 4.78 is 19.5. The number of carbonyl (C=O) groups excluding carboxylic acids is 1. The maximum atomic E-state index is 13.0. The molecule has 3 heterocycles. The van der Waals surface area contributed by atoms with E-state index in [4.69, 9.17) is 19.2 Å². The summed E-state index contributed by atoms with van der Waals surface area (Å²) in [6, 6.07) is 10.8. The Kier molecular flexibility index (Phi) is 7.04. The number of aromatic nitrogens is 2. The highest BCUT2D eigenvalue weighted by Gasteiger charge is 2.58. The zero-order valence-corrected chi connectivity index (χ0v) is 23.7. The molecule has 5 rings (SSSR count). The second kappa shape index (κ2) is 10.1. The maximum Gasteiger partial charge on any atom is 0.229 e. The maximum absolute atomic E-state index is 13.0. The summed E-state index contributed by atoms with van der Waals surface area (Å²) in [6.45, 7) is 10.1. The van der Waals surface area contributed by atoms with Crippen LogP contribution in [0.15, 0.2) is 36.5 Å². The Morgan fingerprint density at radius 1 is 1.08 bits per heavy atom. The predicted octanol–water partition coefficient (Wildman–Crippen LogP) is 4.78. The largest absolute Gasteiger partial charge is 0.496 e. The Morgan fingerprint density at radius 2 is 1.76 bits per heavy atom. The Balaban J connectivity index is 1.46. The van der Waals surface area contributed by atoms with Crippen LogP contribution in [-0.4, -0.2) is 69.4 Å². The molecule has 1 saturated heterocycles. The summed E-state index contributed by atoms with van der Waals surface area (Å²) >= 11 is 0. The van der Waals surface area contributed by atoms with Crippen molar-refractivity contribution in [2.24, 2.45) is 17.8 Å². The third kappa shape index (κ3) is 5.25. The molecule has 2 fully saturated rings. The lowest BCUT2D eigenvalue weighted by atomic mass is 10.0. The molecule has 3 aromatic rings. The van der Waals surface area contributed by atoms with Gasteiger partial charge in [0.05, 0.1) is 19.8 Å². The van der Waals surface area contributed by atoms with Gasteiger partial charge in [0.2, 0.25) is 5.91 Å². The molecule has 1 amide bonds. The summed E-state index contributed by atoms with van der Waals surface area (Å²) in [5.74, 6) is 3.13. The van der Waals surface area contributed by atoms with E-state index in [9.17, 15) is 4.79 Å². The van der Waals surface area contributed by atoms with Crippen molar-refractivity contribution < 1.29 is 19.0 Å². The summed E-state index contributed by atoms with van der Waals surface area (Å²) in [5, 5.41) is 4.03. The van der Waals surface area contributed by atoms with Gasteiger partial charge in [0.25, 0.3) is 0 Å². The van der Waals surface area contributed by atoms with Crippen molar-refractivity contribution >= 4 is 30.8 Å². The number of benzene rings is 1. The van der Waals surface area contributed by atoms with Crippen molar-refractivity contribution in [1.29, 1.82) is 0 Å². The lowest BCUT2D eigenvalue weighted by Crippen LogP contribution is -2.25. The molecule has 1 aromatic carbocycles. The van der Waals surface area contributed by atoms with E-state index in [1.807, 2.05) is 41.1 Å². The first kappa shape index (κ1) is 25.8. The lowest BCUT2D eigenvalue weighted by molar-refractivity contribution is -0.118. The average Bonchev–Trinajstić information content (AvgIpc) is 3.19. The lowest BCUT2D eigenvalue weighted by Gasteiger charge is -2.15. The predicted molar refractivity (Wildman–Crippen MR) is 149 cm³/mol. The van der Waals surface area contributed by atoms with Crippen LogP contribution in [0, 0.1) is 17.8 Å². The standard InChI is InChI=1S/C28H38N4O4Si/c1-31-14-19-20(15-31)25(19)28(33)30-24-11-10-18-21(26-22(34-2)8-7-9-23(26)35-3)16-32(27(18)29-24)17-36-12-13-37(4,5)6/h7-11,16,19-20,25H,12-15,17H2,1-6H3,(H,29,30,33)/t19-,20+,25?. The Labute approximate surface area is 219 Å². The van der Waals surface area contributed by atoms with Crippen LogP contribution in [0.25, 0.3) is 22.2 Å². The first-order valence-corrected chi connectivity index (χ1v) is 16.7. The van der Waals surface area contributed by atoms with Crippen molar-refractivity contribution in [2.45, 2.75) is 32.4 Å². The number of piperidine rings is 1. The minimum absolute atomic E-state index is 0.0751. The molecule has 9 heteroatoms. The van der Waals surface area contributed by atoms with Gasteiger partial charge in [-0.1, -0.05) is 25.7 Å². The van der Waals surface area contributed by atoms with E-state index < -0.39 is 8.07 Å². The quantitative estimate of drug-likeness (QED) is 0.305. The molecule has 2 aliphatic rings. The second-order valence-electron chi connectivity index (χ2n) is 11.5. The molecular weight excluding hydrogens is 484 g/mol. The van der Waals surface area contributed by atoms with Crippen molar-refractivity contribution in [3.05, 3.63) is 36.5 Å². The number of hydrogen-bond acceptors (Lipinski definition) is 6. The van der Waals surface area contributed by atoms with E-state index in [2.05, 4.69) is 36.9 Å². The SMILES string of the molecule is COc1cccc(OC)c1-c1cn(COCC[Si](C)(C)C)c2nc(NC(=O)C3[C@H]4CN(C)C[C@@H]34)ccc12. The second-order valence-corrected chi connectivity index (χ2v) is 17.2. The highest BCUT2D eigenvalue weighted by molar-refractivity contribution is 6.76. The molecule has 8 nitrogen and oxygen atoms in total. The number of likely N-dealkylation sites (tertiary alicyclic amines) is 1. The first-order valence-electron chi connectivity index (χ1n) is 13.0. The minimum atomic E-state index is -1.20. The molecule has 37 heavy (non-hydrogen) atoms. The third-order valence-electron chi connectivity index (χ3n) is 7.58. The van der Waals surface area contributed by atoms with Gasteiger partial charge in [-0.15, -0.1) is 0 Å². The number of carbonyl (C=O) groups is 1. The number of methoxy groups -OCH3 is 2. The summed E-state index contributed by atoms with van der Waals surface area (Å²) in [4.78, 5) is 20.2. The van der Waals surface area contributed by atoms with Crippen molar-refractivity contribution in [2.75, 3.05) is 46.3 Å². The van der Waals surface area contributed by atoms with Crippen LogP contribution in [0.2, 0.25) is 25.7 Å². The van der Waals surface area contributed by atoms with Gasteiger partial charge in [-0.25, -0.2) is 4.98 Å². The zero-order chi connectivity index (χ0) is 26.3. The van der Waals surface area contributed by atoms with Gasteiger partial charge in [0.1, 0.15) is 29.7 Å². The molecule has 1 aliphatic heterocycles. The first-order chi connectivity index (χ1) is 17.7. The van der Waals surface area contributed by atoms with Gasteiger partial charge < -0.3 is 29.0 Å². The number of ether oxygens (including phenoxy) is 3. The summed E-state index contributed by atoms with van der Waals surface area (Å²) in [6.07, 6.45) is 2.04. The van der Waals surface area contributed by atoms with E-state index in [0.29, 0.717) is 31.0 Å². The zero-order valence-electron chi connectivity index (χ0n) is 22.7. The molecule has 0 spiro atoms. The molecule has 3 atom stereocenters. The number of anilines is 1. The highest BCUT2D eigenvalue weighted by Crippen LogP contribution is 2.51. The molecule has 0 radical (unpaired) electrons. The monoisotopic (exact) mass is 522 g/mol. The van der Waals surface area contributed by atoms with Gasteiger partial charge in [-0.2, -0.15) is 0 Å². The average molecular weight is 523 g/mol. The van der Waals surface area contributed by atoms with Crippen LogP contribution in [0.3, 0.4) is 0 Å². The smallest absolute Gasteiger partial charge is 0.229 e. The van der Waals surface area contributed by atoms with Crippen molar-refractivity contribution in [3.8, 4) is 22.6 Å². The summed E-state index contributed by atoms with van der Waals surface area (Å²) in [7, 11) is 4.24. The van der Waals surface area contributed by atoms with Gasteiger partial charge in [-0.05, 0) is 49.2 Å². The number of hydrogen-bond donors (Lipinski definition) is 1. The molecule has 1 aliphatic carbocycles. The van der Waals surface area contributed by atoms with Gasteiger partial charge in [0, 0.05) is 50.8 Å². The Hall–Kier alpha value is -2.88. The van der Waals surface area contributed by atoms with Crippen LogP contribution in [0.5, 0.6) is 11.5 Å². The van der Waals surface area contributed by atoms with E-state index in [-0.39, 0.29) is 11.8 Å². The number of rotatable bonds is 10. The van der Waals surface area contributed by atoms with Gasteiger partial charge in [-0.3, -0.25) is 4.79 Å². The molecule has 2 aromatic heterocycles. The summed E-state index contributed by atoms with van der Waals surface area (Å²) in [5.41, 5.74) is 2.57. The molecule has 1 saturated carbocycles. The normalized spacial score (nSPS) is 21.2. The van der Waals surface area contributed by atoms with Gasteiger partial charge in [0.15, 0.2) is 0 Å². The molecule has 1 N–H and O–H groups in total.